The van der Waals surface area contributed by atoms with Crippen LogP contribution in [0.3, 0.4) is 0 Å². The van der Waals surface area contributed by atoms with Crippen LogP contribution in [0.5, 0.6) is 5.75 Å². The van der Waals surface area contributed by atoms with Gasteiger partial charge in [-0.2, -0.15) is 0 Å². The van der Waals surface area contributed by atoms with Gasteiger partial charge in [-0.05, 0) is 53.6 Å². The van der Waals surface area contributed by atoms with Crippen molar-refractivity contribution in [3.8, 4) is 5.75 Å². The maximum absolute atomic E-state index is 13.1. The molecule has 3 rings (SSSR count). The largest absolute Gasteiger partial charge is 0.507 e. The summed E-state index contributed by atoms with van der Waals surface area (Å²) in [5.41, 5.74) is 9.85. The lowest BCUT2D eigenvalue weighted by atomic mass is 9.74. The van der Waals surface area contributed by atoms with E-state index in [4.69, 9.17) is 22.7 Å². The summed E-state index contributed by atoms with van der Waals surface area (Å²) in [5, 5.41) is 14.4. The molecule has 1 aliphatic heterocycles. The average Bonchev–Trinajstić information content (AvgIpc) is 2.65. The van der Waals surface area contributed by atoms with Crippen LogP contribution in [0.1, 0.15) is 83.6 Å². The molecule has 0 radical (unpaired) electrons. The highest BCUT2D eigenvalue weighted by molar-refractivity contribution is 7.71. The molecular weight excluding hydrogens is 436 g/mol. The number of nitrogens with one attached hydrogen (secondary N) is 2. The van der Waals surface area contributed by atoms with Crippen LogP contribution in [0.15, 0.2) is 23.4 Å². The van der Waals surface area contributed by atoms with Crippen molar-refractivity contribution in [2.24, 2.45) is 0 Å². The van der Waals surface area contributed by atoms with Crippen molar-refractivity contribution in [1.82, 2.24) is 9.97 Å². The van der Waals surface area contributed by atoms with Crippen LogP contribution in [-0.2, 0) is 20.4 Å². The Morgan fingerprint density at radius 3 is 2.21 bits per heavy atom. The summed E-state index contributed by atoms with van der Waals surface area (Å²) in [6.07, 6.45) is 0. The topological polar surface area (TPSA) is 113 Å². The molecule has 8 heteroatoms. The molecule has 1 unspecified atom stereocenters. The number of phenolic OH excluding ortho intramolecular Hbond substituents is 1. The normalized spacial score (nSPS) is 16.3. The summed E-state index contributed by atoms with van der Waals surface area (Å²) in [5.74, 6) is 0.129. The second-order valence-electron chi connectivity index (χ2n) is 10.5. The van der Waals surface area contributed by atoms with E-state index in [0.717, 1.165) is 16.7 Å². The highest BCUT2D eigenvalue weighted by Gasteiger charge is 2.38. The van der Waals surface area contributed by atoms with Crippen LogP contribution in [0.25, 0.3) is 0 Å². The molecule has 0 saturated carbocycles. The molecular formula is C25H34N4O3S. The van der Waals surface area contributed by atoms with Crippen LogP contribution in [0.4, 0.5) is 11.6 Å². The minimum absolute atomic E-state index is 0.246. The SMILES string of the molecule is CCOC(=O)C1=C(C)Nc2nc(=S)[nH]c(N)c2C1c1cc(C(C)(C)C)c(O)c(C(C)(C)C)c1. The summed E-state index contributed by atoms with van der Waals surface area (Å²) in [6.45, 7) is 16.1. The molecule has 178 valence electrons. The van der Waals surface area contributed by atoms with Crippen molar-refractivity contribution >= 4 is 29.8 Å². The monoisotopic (exact) mass is 470 g/mol. The Morgan fingerprint density at radius 2 is 1.73 bits per heavy atom. The number of anilines is 2. The van der Waals surface area contributed by atoms with Crippen molar-refractivity contribution in [3.05, 3.63) is 50.4 Å². The van der Waals surface area contributed by atoms with Gasteiger partial charge in [-0.15, -0.1) is 0 Å². The van der Waals surface area contributed by atoms with E-state index in [0.29, 0.717) is 28.5 Å². The second-order valence-corrected chi connectivity index (χ2v) is 10.9. The van der Waals surface area contributed by atoms with E-state index >= 15 is 0 Å². The number of phenols is 1. The lowest BCUT2D eigenvalue weighted by Crippen LogP contribution is -2.27. The Kier molecular flexibility index (Phi) is 6.37. The third-order valence-electron chi connectivity index (χ3n) is 5.86. The van der Waals surface area contributed by atoms with Gasteiger partial charge >= 0.3 is 5.97 Å². The van der Waals surface area contributed by atoms with Crippen LogP contribution < -0.4 is 11.1 Å². The van der Waals surface area contributed by atoms with E-state index in [2.05, 4.69) is 56.8 Å². The minimum atomic E-state index is -0.553. The van der Waals surface area contributed by atoms with Gasteiger partial charge in [0.2, 0.25) is 0 Å². The number of rotatable bonds is 3. The number of nitrogen functional groups attached to an aromatic ring is 1. The van der Waals surface area contributed by atoms with Gasteiger partial charge < -0.3 is 25.9 Å². The van der Waals surface area contributed by atoms with Gasteiger partial charge in [-0.25, -0.2) is 9.78 Å². The quantitative estimate of drug-likeness (QED) is 0.350. The number of aromatic amines is 1. The lowest BCUT2D eigenvalue weighted by Gasteiger charge is -2.33. The number of carbonyl (C=O) groups excluding carboxylic acids is 1. The molecule has 0 fully saturated rings. The molecule has 1 atom stereocenters. The first kappa shape index (κ1) is 24.8. The van der Waals surface area contributed by atoms with Crippen LogP contribution in [-0.4, -0.2) is 27.7 Å². The van der Waals surface area contributed by atoms with E-state index in [9.17, 15) is 9.90 Å². The van der Waals surface area contributed by atoms with Crippen molar-refractivity contribution < 1.29 is 14.6 Å². The number of aromatic nitrogens is 2. The number of nitrogens with two attached hydrogens (primary N) is 1. The molecule has 2 heterocycles. The fraction of sp³-hybridized carbons (Fsp3) is 0.480. The smallest absolute Gasteiger partial charge is 0.336 e. The molecule has 5 N–H and O–H groups in total. The maximum atomic E-state index is 13.1. The van der Waals surface area contributed by atoms with Gasteiger partial charge in [0.15, 0.2) is 4.77 Å². The Balaban J connectivity index is 2.44. The molecule has 0 saturated heterocycles. The van der Waals surface area contributed by atoms with Crippen molar-refractivity contribution in [2.75, 3.05) is 17.7 Å². The highest BCUT2D eigenvalue weighted by atomic mass is 32.1. The van der Waals surface area contributed by atoms with Crippen LogP contribution in [0.2, 0.25) is 0 Å². The van der Waals surface area contributed by atoms with Gasteiger partial charge in [-0.3, -0.25) is 0 Å². The molecule has 33 heavy (non-hydrogen) atoms. The fourth-order valence-corrected chi connectivity index (χ4v) is 4.47. The second kappa shape index (κ2) is 8.48. The number of allylic oxidation sites excluding steroid dienone is 1. The van der Waals surface area contributed by atoms with Gasteiger partial charge in [0.1, 0.15) is 17.4 Å². The van der Waals surface area contributed by atoms with Crippen molar-refractivity contribution in [2.45, 2.75) is 72.1 Å². The standard InChI is InChI=1S/C25H34N4O3S/c1-9-32-22(31)16-12(2)27-21-18(20(26)28-23(33)29-21)17(16)13-10-14(24(3,4)5)19(30)15(11-13)25(6,7)8/h10-11,17,30H,9H2,1-8H3,(H4,26,27,28,29,33). The molecule has 1 aliphatic rings. The number of nitrogens with zero attached hydrogens (tertiary/aromatic N) is 1. The number of carbonyl (C=O) groups is 1. The van der Waals surface area contributed by atoms with E-state index in [1.165, 1.54) is 0 Å². The summed E-state index contributed by atoms with van der Waals surface area (Å²) in [6, 6.07) is 3.91. The van der Waals surface area contributed by atoms with Gasteiger partial charge in [0, 0.05) is 11.3 Å². The van der Waals surface area contributed by atoms with E-state index in [1.807, 2.05) is 19.1 Å². The number of hydrogen-bond acceptors (Lipinski definition) is 7. The zero-order valence-corrected chi connectivity index (χ0v) is 21.5. The molecule has 2 aromatic rings. The lowest BCUT2D eigenvalue weighted by molar-refractivity contribution is -0.138. The zero-order chi connectivity index (χ0) is 24.9. The Labute approximate surface area is 200 Å². The molecule has 1 aromatic carbocycles. The number of ether oxygens (including phenoxy) is 1. The molecule has 0 spiro atoms. The first-order chi connectivity index (χ1) is 15.2. The molecule has 0 bridgehead atoms. The Bertz CT molecular complexity index is 1160. The predicted octanol–water partition coefficient (Wildman–Crippen LogP) is 5.42. The first-order valence-electron chi connectivity index (χ1n) is 11.1. The summed E-state index contributed by atoms with van der Waals surface area (Å²) in [7, 11) is 0. The Morgan fingerprint density at radius 1 is 1.18 bits per heavy atom. The number of benzene rings is 1. The fourth-order valence-electron chi connectivity index (χ4n) is 4.27. The van der Waals surface area contributed by atoms with Gasteiger partial charge in [-0.1, -0.05) is 53.7 Å². The molecule has 7 nitrogen and oxygen atoms in total. The predicted molar refractivity (Wildman–Crippen MR) is 134 cm³/mol. The highest BCUT2D eigenvalue weighted by Crippen LogP contribution is 2.47. The Hall–Kier alpha value is -2.87. The van der Waals surface area contributed by atoms with Gasteiger partial charge in [0.05, 0.1) is 18.1 Å². The minimum Gasteiger partial charge on any atom is -0.507 e. The summed E-state index contributed by atoms with van der Waals surface area (Å²) < 4.78 is 5.67. The number of fused-ring (bicyclic) bond motifs is 1. The average molecular weight is 471 g/mol. The third kappa shape index (κ3) is 4.62. The van der Waals surface area contributed by atoms with Crippen LogP contribution in [0, 0.1) is 4.77 Å². The van der Waals surface area contributed by atoms with Crippen molar-refractivity contribution in [3.63, 3.8) is 0 Å². The molecule has 0 amide bonds. The first-order valence-corrected chi connectivity index (χ1v) is 11.5. The number of aromatic hydroxyl groups is 1. The summed E-state index contributed by atoms with van der Waals surface area (Å²) in [4.78, 5) is 20.5. The van der Waals surface area contributed by atoms with Crippen molar-refractivity contribution in [1.29, 1.82) is 0 Å². The number of hydrogen-bond donors (Lipinski definition) is 4. The number of esters is 1. The van der Waals surface area contributed by atoms with Crippen LogP contribution >= 0.6 is 12.2 Å². The third-order valence-corrected chi connectivity index (χ3v) is 6.06. The van der Waals surface area contributed by atoms with Gasteiger partial charge in [0.25, 0.3) is 0 Å². The van der Waals surface area contributed by atoms with E-state index in [-0.39, 0.29) is 28.0 Å². The van der Waals surface area contributed by atoms with E-state index in [1.54, 1.807) is 6.92 Å². The summed E-state index contributed by atoms with van der Waals surface area (Å²) >= 11 is 5.23. The van der Waals surface area contributed by atoms with E-state index < -0.39 is 11.9 Å². The maximum Gasteiger partial charge on any atom is 0.336 e. The zero-order valence-electron chi connectivity index (χ0n) is 20.6. The molecule has 1 aromatic heterocycles. The number of H-pyrrole nitrogens is 1. The molecule has 0 aliphatic carbocycles.